The monoisotopic (exact) mass is 221 g/mol. The third-order valence-electron chi connectivity index (χ3n) is 1.14. The van der Waals surface area contributed by atoms with Crippen LogP contribution in [0.3, 0.4) is 0 Å². The summed E-state index contributed by atoms with van der Waals surface area (Å²) in [6.07, 6.45) is 7.91. The fraction of sp³-hybridized carbons (Fsp3) is 0.818. The van der Waals surface area contributed by atoms with Crippen molar-refractivity contribution in [1.29, 1.82) is 0 Å². The van der Waals surface area contributed by atoms with Gasteiger partial charge in [-0.1, -0.05) is 45.8 Å². The highest BCUT2D eigenvalue weighted by atomic mass is 32.1. The van der Waals surface area contributed by atoms with Crippen LogP contribution in [0.25, 0.3) is 0 Å². The lowest BCUT2D eigenvalue weighted by Crippen LogP contribution is -2.02. The molecule has 0 aromatic carbocycles. The van der Waals surface area contributed by atoms with Crippen LogP contribution in [0, 0.1) is 0 Å². The molecule has 0 saturated carbocycles. The Kier molecular flexibility index (Phi) is 40.9. The molecule has 0 aliphatic carbocycles. The summed E-state index contributed by atoms with van der Waals surface area (Å²) in [5.74, 6) is 0.869. The number of aliphatic hydroxyl groups excluding tert-OH is 1. The molecule has 2 nitrogen and oxygen atoms in total. The molecular weight excluding hydrogens is 194 g/mol. The number of aliphatic hydroxyl groups is 1. The molecule has 0 amide bonds. The minimum atomic E-state index is 0.0972. The Bertz CT molecular complexity index is 73.4. The van der Waals surface area contributed by atoms with Gasteiger partial charge in [-0.25, -0.2) is 0 Å². The number of hydrogen-bond donors (Lipinski definition) is 3. The van der Waals surface area contributed by atoms with Gasteiger partial charge in [0.1, 0.15) is 0 Å². The second kappa shape index (κ2) is 29.2. The third kappa shape index (κ3) is 58.0. The van der Waals surface area contributed by atoms with Crippen molar-refractivity contribution in [2.24, 2.45) is 5.73 Å². The van der Waals surface area contributed by atoms with Gasteiger partial charge in [0.15, 0.2) is 0 Å². The number of allylic oxidation sites excluding steroid dienone is 1. The van der Waals surface area contributed by atoms with E-state index in [9.17, 15) is 0 Å². The Hall–Kier alpha value is 0.01000. The lowest BCUT2D eigenvalue weighted by Gasteiger charge is -1.72. The number of hydrogen-bond acceptors (Lipinski definition) is 3. The smallest absolute Gasteiger partial charge is 0.0553 e. The van der Waals surface area contributed by atoms with E-state index >= 15 is 0 Å². The van der Waals surface area contributed by atoms with Crippen molar-refractivity contribution in [1.82, 2.24) is 0 Å². The van der Waals surface area contributed by atoms with E-state index in [0.29, 0.717) is 6.54 Å². The maximum atomic E-state index is 7.75. The van der Waals surface area contributed by atoms with E-state index in [0.717, 1.165) is 12.2 Å². The van der Waals surface area contributed by atoms with Gasteiger partial charge in [0, 0.05) is 12.3 Å². The van der Waals surface area contributed by atoms with Crippen molar-refractivity contribution in [3.05, 3.63) is 12.2 Å². The van der Waals surface area contributed by atoms with Crippen LogP contribution in [0.1, 0.15) is 40.0 Å². The van der Waals surface area contributed by atoms with Gasteiger partial charge in [0.25, 0.3) is 0 Å². The normalized spacial score (nSPS) is 8.71. The molecule has 88 valence electrons. The van der Waals surface area contributed by atoms with Crippen LogP contribution in [-0.2, 0) is 0 Å². The maximum Gasteiger partial charge on any atom is 0.0553 e. The minimum Gasteiger partial charge on any atom is -0.395 e. The van der Waals surface area contributed by atoms with Gasteiger partial charge in [-0.3, -0.25) is 0 Å². The second-order valence-corrected chi connectivity index (χ2v) is 2.94. The number of thiol groups is 1. The van der Waals surface area contributed by atoms with Crippen LogP contribution in [0.2, 0.25) is 0 Å². The largest absolute Gasteiger partial charge is 0.395 e. The van der Waals surface area contributed by atoms with Crippen molar-refractivity contribution in [3.63, 3.8) is 0 Å². The van der Waals surface area contributed by atoms with E-state index in [-0.39, 0.29) is 6.61 Å². The predicted molar refractivity (Wildman–Crippen MR) is 70.0 cm³/mol. The first-order valence-electron chi connectivity index (χ1n) is 5.31. The number of nitrogens with two attached hydrogens (primary N) is 1. The van der Waals surface area contributed by atoms with Crippen LogP contribution in [0.4, 0.5) is 0 Å². The van der Waals surface area contributed by atoms with Crippen LogP contribution in [0.15, 0.2) is 12.2 Å². The van der Waals surface area contributed by atoms with Crippen molar-refractivity contribution in [2.45, 2.75) is 40.0 Å². The second-order valence-electron chi connectivity index (χ2n) is 2.57. The zero-order valence-corrected chi connectivity index (χ0v) is 10.8. The van der Waals surface area contributed by atoms with Crippen molar-refractivity contribution < 1.29 is 5.11 Å². The van der Waals surface area contributed by atoms with Gasteiger partial charge in [0.05, 0.1) is 6.61 Å². The SMILES string of the molecule is CC/C=C\CS.CCCC.NCCO. The average Bonchev–Trinajstić information content (AvgIpc) is 2.27. The topological polar surface area (TPSA) is 46.2 Å². The highest BCUT2D eigenvalue weighted by molar-refractivity contribution is 7.80. The summed E-state index contributed by atoms with van der Waals surface area (Å²) < 4.78 is 0. The van der Waals surface area contributed by atoms with Gasteiger partial charge in [-0.15, -0.1) is 0 Å². The van der Waals surface area contributed by atoms with E-state index in [1.54, 1.807) is 0 Å². The summed E-state index contributed by atoms with van der Waals surface area (Å²) in [5.41, 5.74) is 4.78. The lowest BCUT2D eigenvalue weighted by molar-refractivity contribution is 0.306. The van der Waals surface area contributed by atoms with E-state index in [2.05, 4.69) is 39.5 Å². The van der Waals surface area contributed by atoms with Gasteiger partial charge < -0.3 is 10.8 Å². The molecule has 0 aliphatic heterocycles. The van der Waals surface area contributed by atoms with E-state index in [1.807, 2.05) is 6.08 Å². The van der Waals surface area contributed by atoms with E-state index in [1.165, 1.54) is 12.8 Å². The molecule has 14 heavy (non-hydrogen) atoms. The van der Waals surface area contributed by atoms with E-state index < -0.39 is 0 Å². The Morgan fingerprint density at radius 3 is 1.64 bits per heavy atom. The Morgan fingerprint density at radius 2 is 1.57 bits per heavy atom. The molecule has 0 unspecified atom stereocenters. The first-order valence-corrected chi connectivity index (χ1v) is 5.94. The molecule has 0 aliphatic rings. The molecule has 0 atom stereocenters. The fourth-order valence-electron chi connectivity index (χ4n) is 0.241. The molecule has 0 spiro atoms. The number of unbranched alkanes of at least 4 members (excludes halogenated alkanes) is 1. The van der Waals surface area contributed by atoms with Gasteiger partial charge in [0.2, 0.25) is 0 Å². The Balaban J connectivity index is -0.000000135. The minimum absolute atomic E-state index is 0.0972. The van der Waals surface area contributed by atoms with E-state index in [4.69, 9.17) is 10.8 Å². The van der Waals surface area contributed by atoms with Crippen LogP contribution in [-0.4, -0.2) is 24.0 Å². The summed E-state index contributed by atoms with van der Waals surface area (Å²) in [6, 6.07) is 0. The summed E-state index contributed by atoms with van der Waals surface area (Å²) in [4.78, 5) is 0. The highest BCUT2D eigenvalue weighted by Gasteiger charge is 1.60. The zero-order chi connectivity index (χ0) is 11.7. The van der Waals surface area contributed by atoms with Crippen molar-refractivity contribution in [3.8, 4) is 0 Å². The highest BCUT2D eigenvalue weighted by Crippen LogP contribution is 1.79. The number of rotatable bonds is 4. The molecule has 0 radical (unpaired) electrons. The first kappa shape index (κ1) is 19.6. The molecule has 0 saturated heterocycles. The molecule has 0 rings (SSSR count). The summed E-state index contributed by atoms with van der Waals surface area (Å²) >= 11 is 3.97. The van der Waals surface area contributed by atoms with Crippen molar-refractivity contribution in [2.75, 3.05) is 18.9 Å². The molecule has 0 bridgehead atoms. The lowest BCUT2D eigenvalue weighted by atomic mass is 10.4. The molecule has 0 heterocycles. The zero-order valence-electron chi connectivity index (χ0n) is 9.87. The third-order valence-corrected chi connectivity index (χ3v) is 1.35. The van der Waals surface area contributed by atoms with Gasteiger partial charge in [-0.2, -0.15) is 12.6 Å². The van der Waals surface area contributed by atoms with Gasteiger partial charge >= 0.3 is 0 Å². The molecule has 0 aromatic heterocycles. The summed E-state index contributed by atoms with van der Waals surface area (Å²) in [6.45, 7) is 6.94. The first-order chi connectivity index (χ1) is 6.74. The molecule has 3 N–H and O–H groups in total. The average molecular weight is 221 g/mol. The molecule has 0 aromatic rings. The molecule has 3 heteroatoms. The van der Waals surface area contributed by atoms with Crippen molar-refractivity contribution >= 4 is 12.6 Å². The summed E-state index contributed by atoms with van der Waals surface area (Å²) in [7, 11) is 0. The van der Waals surface area contributed by atoms with Crippen LogP contribution < -0.4 is 5.73 Å². The van der Waals surface area contributed by atoms with Crippen LogP contribution in [0.5, 0.6) is 0 Å². The van der Waals surface area contributed by atoms with Gasteiger partial charge in [-0.05, 0) is 6.42 Å². The van der Waals surface area contributed by atoms with Crippen LogP contribution >= 0.6 is 12.6 Å². The fourth-order valence-corrected chi connectivity index (χ4v) is 0.390. The Morgan fingerprint density at radius 1 is 1.14 bits per heavy atom. The predicted octanol–water partition coefficient (Wildman–Crippen LogP) is 2.63. The quantitative estimate of drug-likeness (QED) is 0.505. The standard InChI is InChI=1S/C5H10S.C4H10.C2H7NO/c1-2-3-4-5-6;1-3-4-2;3-1-2-4/h3-4,6H,2,5H2,1H3;3-4H2,1-2H3;4H,1-3H2/b4-3-;;. The maximum absolute atomic E-state index is 7.75. The molecule has 0 fully saturated rings. The summed E-state index contributed by atoms with van der Waals surface area (Å²) in [5, 5.41) is 7.75. The molecular formula is C11H27NOS. The Labute approximate surface area is 95.0 Å².